The van der Waals surface area contributed by atoms with Crippen LogP contribution in [0.3, 0.4) is 0 Å². The van der Waals surface area contributed by atoms with E-state index in [0.717, 1.165) is 18.6 Å². The second-order valence-electron chi connectivity index (χ2n) is 5.29. The normalized spacial score (nSPS) is 27.6. The highest BCUT2D eigenvalue weighted by Gasteiger charge is 2.28. The predicted octanol–water partition coefficient (Wildman–Crippen LogP) is 3.04. The van der Waals surface area contributed by atoms with Crippen LogP contribution in [0.25, 0.3) is 0 Å². The van der Waals surface area contributed by atoms with Gasteiger partial charge in [0.05, 0.1) is 0 Å². The smallest absolute Gasteiger partial charge is 0.0234 e. The molecule has 2 aliphatic heterocycles. The Bertz CT molecular complexity index is 382. The van der Waals surface area contributed by atoms with Gasteiger partial charge in [0.2, 0.25) is 0 Å². The number of benzene rings is 1. The van der Waals surface area contributed by atoms with Gasteiger partial charge in [-0.25, -0.2) is 0 Å². The van der Waals surface area contributed by atoms with Crippen molar-refractivity contribution in [1.29, 1.82) is 0 Å². The fraction of sp³-hybridized carbons (Fsp3) is 0.571. The molecule has 2 fully saturated rings. The Hall–Kier alpha value is 0.160. The molecule has 0 radical (unpaired) electrons. The van der Waals surface area contributed by atoms with Crippen LogP contribution >= 0.6 is 35.0 Å². The maximum absolute atomic E-state index is 3.73. The van der Waals surface area contributed by atoms with E-state index in [1.165, 1.54) is 41.5 Å². The molecule has 2 heterocycles. The molecule has 1 aromatic carbocycles. The fourth-order valence-corrected chi connectivity index (χ4v) is 3.37. The van der Waals surface area contributed by atoms with Crippen molar-refractivity contribution in [3.05, 3.63) is 33.4 Å². The van der Waals surface area contributed by atoms with Gasteiger partial charge in [0, 0.05) is 35.3 Å². The molecule has 0 amide bonds. The quantitative estimate of drug-likeness (QED) is 0.796. The Labute approximate surface area is 129 Å². The van der Waals surface area contributed by atoms with E-state index in [-0.39, 0.29) is 12.4 Å². The van der Waals surface area contributed by atoms with Crippen molar-refractivity contribution < 1.29 is 0 Å². The van der Waals surface area contributed by atoms with Gasteiger partial charge in [0.1, 0.15) is 0 Å². The molecule has 4 heteroatoms. The van der Waals surface area contributed by atoms with Crippen molar-refractivity contribution in [3.63, 3.8) is 0 Å². The van der Waals surface area contributed by atoms with Gasteiger partial charge >= 0.3 is 0 Å². The SMILES string of the molecule is Cl.Ic1ccc(CN2CCC3CCC(C2)N3)cc1. The van der Waals surface area contributed by atoms with E-state index in [1.807, 2.05) is 0 Å². The van der Waals surface area contributed by atoms with Crippen LogP contribution in [0.15, 0.2) is 24.3 Å². The van der Waals surface area contributed by atoms with E-state index >= 15 is 0 Å². The zero-order chi connectivity index (χ0) is 11.7. The maximum atomic E-state index is 3.73. The van der Waals surface area contributed by atoms with Crippen LogP contribution in [0, 0.1) is 3.57 Å². The molecule has 2 unspecified atom stereocenters. The first-order valence-corrected chi connectivity index (χ1v) is 7.60. The predicted molar refractivity (Wildman–Crippen MR) is 86.2 cm³/mol. The second-order valence-corrected chi connectivity index (χ2v) is 6.53. The van der Waals surface area contributed by atoms with E-state index in [9.17, 15) is 0 Å². The third-order valence-corrected chi connectivity index (χ3v) is 4.65. The van der Waals surface area contributed by atoms with Crippen molar-refractivity contribution >= 4 is 35.0 Å². The van der Waals surface area contributed by atoms with E-state index in [4.69, 9.17) is 0 Å². The number of hydrogen-bond donors (Lipinski definition) is 1. The van der Waals surface area contributed by atoms with Crippen molar-refractivity contribution in [2.24, 2.45) is 0 Å². The largest absolute Gasteiger partial charge is 0.310 e. The highest BCUT2D eigenvalue weighted by Crippen LogP contribution is 2.21. The Morgan fingerprint density at radius 1 is 1.11 bits per heavy atom. The Morgan fingerprint density at radius 3 is 2.61 bits per heavy atom. The summed E-state index contributed by atoms with van der Waals surface area (Å²) in [6.07, 6.45) is 4.08. The Morgan fingerprint density at radius 2 is 1.83 bits per heavy atom. The van der Waals surface area contributed by atoms with E-state index in [2.05, 4.69) is 57.1 Å². The van der Waals surface area contributed by atoms with E-state index in [1.54, 1.807) is 0 Å². The summed E-state index contributed by atoms with van der Waals surface area (Å²) < 4.78 is 1.32. The molecular weight excluding hydrogens is 359 g/mol. The lowest BCUT2D eigenvalue weighted by atomic mass is 10.1. The number of nitrogens with zero attached hydrogens (tertiary/aromatic N) is 1. The minimum atomic E-state index is 0. The fourth-order valence-electron chi connectivity index (χ4n) is 3.01. The van der Waals surface area contributed by atoms with Crippen LogP contribution in [-0.4, -0.2) is 30.1 Å². The number of halogens is 2. The first-order valence-electron chi connectivity index (χ1n) is 6.52. The van der Waals surface area contributed by atoms with Gasteiger partial charge in [-0.2, -0.15) is 0 Å². The molecule has 0 aliphatic carbocycles. The third kappa shape index (κ3) is 3.59. The first kappa shape index (κ1) is 14.6. The van der Waals surface area contributed by atoms with Crippen molar-refractivity contribution in [3.8, 4) is 0 Å². The summed E-state index contributed by atoms with van der Waals surface area (Å²) in [6.45, 7) is 3.59. The molecular formula is C14H20ClIN2. The summed E-state index contributed by atoms with van der Waals surface area (Å²) in [5.41, 5.74) is 1.45. The van der Waals surface area contributed by atoms with Crippen molar-refractivity contribution in [1.82, 2.24) is 10.2 Å². The third-order valence-electron chi connectivity index (χ3n) is 3.93. The monoisotopic (exact) mass is 378 g/mol. The minimum Gasteiger partial charge on any atom is -0.310 e. The second kappa shape index (κ2) is 6.55. The molecule has 2 nitrogen and oxygen atoms in total. The van der Waals surface area contributed by atoms with Gasteiger partial charge in [-0.05, 0) is 59.5 Å². The number of fused-ring (bicyclic) bond motifs is 2. The van der Waals surface area contributed by atoms with Crippen LogP contribution in [0.5, 0.6) is 0 Å². The zero-order valence-corrected chi connectivity index (χ0v) is 13.4. The molecule has 3 rings (SSSR count). The number of hydrogen-bond acceptors (Lipinski definition) is 2. The molecule has 18 heavy (non-hydrogen) atoms. The molecule has 2 aliphatic rings. The summed E-state index contributed by atoms with van der Waals surface area (Å²) >= 11 is 2.36. The van der Waals surface area contributed by atoms with Gasteiger partial charge in [-0.15, -0.1) is 12.4 Å². The van der Waals surface area contributed by atoms with Gasteiger partial charge in [-0.1, -0.05) is 12.1 Å². The maximum Gasteiger partial charge on any atom is 0.0234 e. The first-order chi connectivity index (χ1) is 8.29. The molecule has 0 saturated carbocycles. The van der Waals surface area contributed by atoms with E-state index in [0.29, 0.717) is 0 Å². The van der Waals surface area contributed by atoms with Crippen LogP contribution in [-0.2, 0) is 6.54 Å². The van der Waals surface area contributed by atoms with Crippen LogP contribution in [0.1, 0.15) is 24.8 Å². The molecule has 0 aromatic heterocycles. The highest BCUT2D eigenvalue weighted by atomic mass is 127. The number of rotatable bonds is 2. The van der Waals surface area contributed by atoms with Gasteiger partial charge < -0.3 is 5.32 Å². The standard InChI is InChI=1S/C14H19IN2.ClH/c15-12-3-1-11(2-4-12)9-17-8-7-13-5-6-14(10-17)16-13;/h1-4,13-14,16H,5-10H2;1H. The summed E-state index contributed by atoms with van der Waals surface area (Å²) in [6, 6.07) is 10.5. The van der Waals surface area contributed by atoms with Gasteiger partial charge in [-0.3, -0.25) is 4.90 Å². The summed E-state index contributed by atoms with van der Waals surface area (Å²) in [7, 11) is 0. The molecule has 2 bridgehead atoms. The van der Waals surface area contributed by atoms with E-state index < -0.39 is 0 Å². The van der Waals surface area contributed by atoms with Crippen molar-refractivity contribution in [2.45, 2.75) is 37.9 Å². The minimum absolute atomic E-state index is 0. The lowest BCUT2D eigenvalue weighted by molar-refractivity contribution is 0.251. The Balaban J connectivity index is 0.00000120. The molecule has 1 N–H and O–H groups in total. The van der Waals surface area contributed by atoms with Crippen LogP contribution in [0.2, 0.25) is 0 Å². The molecule has 1 aromatic rings. The topological polar surface area (TPSA) is 15.3 Å². The lowest BCUT2D eigenvalue weighted by Gasteiger charge is -2.24. The lowest BCUT2D eigenvalue weighted by Crippen LogP contribution is -2.34. The van der Waals surface area contributed by atoms with Gasteiger partial charge in [0.15, 0.2) is 0 Å². The molecule has 0 spiro atoms. The molecule has 2 saturated heterocycles. The molecule has 100 valence electrons. The summed E-state index contributed by atoms with van der Waals surface area (Å²) in [5.74, 6) is 0. The van der Waals surface area contributed by atoms with Crippen LogP contribution < -0.4 is 5.32 Å². The van der Waals surface area contributed by atoms with Gasteiger partial charge in [0.25, 0.3) is 0 Å². The van der Waals surface area contributed by atoms with Crippen molar-refractivity contribution in [2.75, 3.05) is 13.1 Å². The average Bonchev–Trinajstić information content (AvgIpc) is 2.66. The molecule has 2 atom stereocenters. The average molecular weight is 379 g/mol. The zero-order valence-electron chi connectivity index (χ0n) is 10.4. The summed E-state index contributed by atoms with van der Waals surface area (Å²) in [4.78, 5) is 2.61. The highest BCUT2D eigenvalue weighted by molar-refractivity contribution is 14.1. The Kier molecular flexibility index (Phi) is 5.30. The number of nitrogens with one attached hydrogen (secondary N) is 1. The summed E-state index contributed by atoms with van der Waals surface area (Å²) in [5, 5.41) is 3.73. The number of likely N-dealkylation sites (tertiary alicyclic amines) is 1. The van der Waals surface area contributed by atoms with Crippen LogP contribution in [0.4, 0.5) is 0 Å².